The lowest BCUT2D eigenvalue weighted by Crippen LogP contribution is -2.51. The fraction of sp³-hybridized carbons (Fsp3) is 0.632. The van der Waals surface area contributed by atoms with Crippen LogP contribution in [-0.4, -0.2) is 68.1 Å². The minimum Gasteiger partial charge on any atom is -0.299 e. The third-order valence-corrected chi connectivity index (χ3v) is 5.72. The van der Waals surface area contributed by atoms with E-state index in [0.29, 0.717) is 12.4 Å². The standard InChI is InChI=1S/C19H28N6O/c26-19-8-7-18(24-10-4-9-20-24)21-25(19)16-13-22-11-14-23(15-12-22)17-5-2-1-3-6-17/h4,7-10,17H,1-3,5-6,11-16H2. The zero-order chi connectivity index (χ0) is 17.8. The molecule has 0 spiro atoms. The highest BCUT2D eigenvalue weighted by atomic mass is 16.1. The molecule has 2 fully saturated rings. The number of nitrogens with zero attached hydrogens (tertiary/aromatic N) is 6. The van der Waals surface area contributed by atoms with Gasteiger partial charge in [-0.1, -0.05) is 19.3 Å². The van der Waals surface area contributed by atoms with Gasteiger partial charge in [0, 0.05) is 57.2 Å². The SMILES string of the molecule is O=c1ccc(-n2cccn2)nn1CCN1CCN(C2CCCCC2)CC1. The van der Waals surface area contributed by atoms with Crippen molar-refractivity contribution in [2.24, 2.45) is 0 Å². The molecule has 7 heteroatoms. The molecule has 0 bridgehead atoms. The van der Waals surface area contributed by atoms with Crippen LogP contribution in [0.25, 0.3) is 5.82 Å². The molecule has 7 nitrogen and oxygen atoms in total. The van der Waals surface area contributed by atoms with Crippen molar-refractivity contribution in [3.8, 4) is 5.82 Å². The zero-order valence-electron chi connectivity index (χ0n) is 15.3. The van der Waals surface area contributed by atoms with Crippen LogP contribution in [-0.2, 0) is 6.54 Å². The molecule has 2 aliphatic rings. The van der Waals surface area contributed by atoms with Crippen molar-refractivity contribution < 1.29 is 0 Å². The molecule has 1 saturated carbocycles. The molecule has 1 saturated heterocycles. The van der Waals surface area contributed by atoms with Crippen LogP contribution in [0.1, 0.15) is 32.1 Å². The van der Waals surface area contributed by atoms with Crippen molar-refractivity contribution in [2.45, 2.75) is 44.7 Å². The highest BCUT2D eigenvalue weighted by Gasteiger charge is 2.24. The maximum Gasteiger partial charge on any atom is 0.266 e. The van der Waals surface area contributed by atoms with Gasteiger partial charge < -0.3 is 0 Å². The largest absolute Gasteiger partial charge is 0.299 e. The second-order valence-electron chi connectivity index (χ2n) is 7.37. The van der Waals surface area contributed by atoms with Crippen LogP contribution in [0, 0.1) is 0 Å². The summed E-state index contributed by atoms with van der Waals surface area (Å²) in [4.78, 5) is 17.2. The molecular weight excluding hydrogens is 328 g/mol. The van der Waals surface area contributed by atoms with Gasteiger partial charge in [0.05, 0.1) is 6.54 Å². The summed E-state index contributed by atoms with van der Waals surface area (Å²) < 4.78 is 3.24. The summed E-state index contributed by atoms with van der Waals surface area (Å²) in [6.07, 6.45) is 10.5. The Morgan fingerprint density at radius 3 is 2.54 bits per heavy atom. The van der Waals surface area contributed by atoms with Crippen molar-refractivity contribution in [2.75, 3.05) is 32.7 Å². The molecule has 2 aromatic heterocycles. The summed E-state index contributed by atoms with van der Waals surface area (Å²) in [5.41, 5.74) is -0.0539. The number of hydrogen-bond acceptors (Lipinski definition) is 5. The average Bonchev–Trinajstić information content (AvgIpc) is 3.23. The van der Waals surface area contributed by atoms with E-state index in [1.54, 1.807) is 27.7 Å². The molecule has 2 aromatic rings. The topological polar surface area (TPSA) is 59.2 Å². The molecular formula is C19H28N6O. The first-order valence-electron chi connectivity index (χ1n) is 9.84. The highest BCUT2D eigenvalue weighted by molar-refractivity contribution is 5.17. The second kappa shape index (κ2) is 8.14. The van der Waals surface area contributed by atoms with Gasteiger partial charge in [-0.3, -0.25) is 14.6 Å². The first-order chi connectivity index (χ1) is 12.8. The van der Waals surface area contributed by atoms with E-state index < -0.39 is 0 Å². The predicted octanol–water partition coefficient (Wildman–Crippen LogP) is 1.38. The third kappa shape index (κ3) is 4.04. The Bertz CT molecular complexity index is 742. The van der Waals surface area contributed by atoms with Gasteiger partial charge >= 0.3 is 0 Å². The van der Waals surface area contributed by atoms with Gasteiger partial charge in [0.25, 0.3) is 5.56 Å². The molecule has 1 aliphatic heterocycles. The van der Waals surface area contributed by atoms with Crippen LogP contribution in [0.15, 0.2) is 35.4 Å². The van der Waals surface area contributed by atoms with E-state index in [0.717, 1.165) is 38.8 Å². The average molecular weight is 356 g/mol. The Morgan fingerprint density at radius 1 is 1.00 bits per heavy atom. The summed E-state index contributed by atoms with van der Waals surface area (Å²) in [7, 11) is 0. The fourth-order valence-electron chi connectivity index (χ4n) is 4.16. The predicted molar refractivity (Wildman–Crippen MR) is 101 cm³/mol. The molecule has 140 valence electrons. The van der Waals surface area contributed by atoms with E-state index in [1.807, 2.05) is 12.3 Å². The van der Waals surface area contributed by atoms with E-state index in [2.05, 4.69) is 20.0 Å². The van der Waals surface area contributed by atoms with Gasteiger partial charge in [0.1, 0.15) is 0 Å². The lowest BCUT2D eigenvalue weighted by molar-refractivity contribution is 0.0766. The lowest BCUT2D eigenvalue weighted by atomic mass is 9.94. The Kier molecular flexibility index (Phi) is 5.45. The van der Waals surface area contributed by atoms with E-state index in [1.165, 1.54) is 32.1 Å². The molecule has 0 unspecified atom stereocenters. The van der Waals surface area contributed by atoms with Gasteiger partial charge in [0.2, 0.25) is 0 Å². The molecule has 3 heterocycles. The first kappa shape index (κ1) is 17.4. The molecule has 26 heavy (non-hydrogen) atoms. The van der Waals surface area contributed by atoms with Gasteiger partial charge in [-0.2, -0.15) is 5.10 Å². The molecule has 0 radical (unpaired) electrons. The third-order valence-electron chi connectivity index (χ3n) is 5.72. The Labute approximate surface area is 154 Å². The number of piperazine rings is 1. The molecule has 0 amide bonds. The van der Waals surface area contributed by atoms with Crippen LogP contribution in [0.3, 0.4) is 0 Å². The van der Waals surface area contributed by atoms with E-state index in [4.69, 9.17) is 0 Å². The molecule has 4 rings (SSSR count). The lowest BCUT2D eigenvalue weighted by Gasteiger charge is -2.40. The van der Waals surface area contributed by atoms with Crippen molar-refractivity contribution in [3.63, 3.8) is 0 Å². The Balaban J connectivity index is 1.31. The highest BCUT2D eigenvalue weighted by Crippen LogP contribution is 2.23. The maximum atomic E-state index is 12.1. The van der Waals surface area contributed by atoms with Crippen molar-refractivity contribution in [3.05, 3.63) is 40.9 Å². The van der Waals surface area contributed by atoms with E-state index in [-0.39, 0.29) is 5.56 Å². The number of hydrogen-bond donors (Lipinski definition) is 0. The minimum atomic E-state index is -0.0539. The van der Waals surface area contributed by atoms with Gasteiger partial charge in [-0.25, -0.2) is 9.36 Å². The smallest absolute Gasteiger partial charge is 0.266 e. The van der Waals surface area contributed by atoms with Gasteiger partial charge in [-0.05, 0) is 25.0 Å². The van der Waals surface area contributed by atoms with Crippen LogP contribution in [0.5, 0.6) is 0 Å². The van der Waals surface area contributed by atoms with Gasteiger partial charge in [-0.15, -0.1) is 5.10 Å². The Morgan fingerprint density at radius 2 is 1.81 bits per heavy atom. The number of aromatic nitrogens is 4. The second-order valence-corrected chi connectivity index (χ2v) is 7.37. The monoisotopic (exact) mass is 356 g/mol. The maximum absolute atomic E-state index is 12.1. The summed E-state index contributed by atoms with van der Waals surface area (Å²) in [6.45, 7) is 5.97. The molecule has 1 aliphatic carbocycles. The fourth-order valence-corrected chi connectivity index (χ4v) is 4.16. The van der Waals surface area contributed by atoms with E-state index >= 15 is 0 Å². The minimum absolute atomic E-state index is 0.0539. The molecule has 0 atom stereocenters. The normalized spacial score (nSPS) is 20.5. The number of rotatable bonds is 5. The molecule has 0 aromatic carbocycles. The van der Waals surface area contributed by atoms with Crippen molar-refractivity contribution >= 4 is 0 Å². The summed E-state index contributed by atoms with van der Waals surface area (Å²) in [5, 5.41) is 8.64. The van der Waals surface area contributed by atoms with Crippen molar-refractivity contribution in [1.82, 2.24) is 29.4 Å². The van der Waals surface area contributed by atoms with Crippen LogP contribution < -0.4 is 5.56 Å². The quantitative estimate of drug-likeness (QED) is 0.810. The summed E-state index contributed by atoms with van der Waals surface area (Å²) in [5.74, 6) is 0.678. The van der Waals surface area contributed by atoms with E-state index in [9.17, 15) is 4.79 Å². The van der Waals surface area contributed by atoms with Gasteiger partial charge in [0.15, 0.2) is 5.82 Å². The summed E-state index contributed by atoms with van der Waals surface area (Å²) in [6, 6.07) is 5.95. The molecule has 0 N–H and O–H groups in total. The first-order valence-corrected chi connectivity index (χ1v) is 9.84. The van der Waals surface area contributed by atoms with Crippen molar-refractivity contribution in [1.29, 1.82) is 0 Å². The zero-order valence-corrected chi connectivity index (χ0v) is 15.3. The van der Waals surface area contributed by atoms with Crippen LogP contribution >= 0.6 is 0 Å². The van der Waals surface area contributed by atoms with Crippen LogP contribution in [0.2, 0.25) is 0 Å². The van der Waals surface area contributed by atoms with Crippen LogP contribution in [0.4, 0.5) is 0 Å². The Hall–Kier alpha value is -1.99. The summed E-state index contributed by atoms with van der Waals surface area (Å²) >= 11 is 0.